The van der Waals surface area contributed by atoms with E-state index in [0.29, 0.717) is 22.4 Å². The number of carbonyl (C=O) groups is 2. The minimum Gasteiger partial charge on any atom is -0.462 e. The zero-order chi connectivity index (χ0) is 15.9. The second-order valence-corrected chi connectivity index (χ2v) is 4.39. The smallest absolute Gasteiger partial charge is 0.340 e. The molecule has 114 valence electrons. The molecule has 22 heavy (non-hydrogen) atoms. The minimum atomic E-state index is -0.468. The number of carbonyl (C=O) groups excluding carboxylic acids is 2. The highest BCUT2D eigenvalue weighted by Gasteiger charge is 2.20. The fraction of sp³-hybridized carbons (Fsp3) is 0.235. The number of hydrogen-bond acceptors (Lipinski definition) is 5. The molecule has 0 fully saturated rings. The van der Waals surface area contributed by atoms with E-state index in [2.05, 4.69) is 4.98 Å². The topological polar surface area (TPSA) is 65.5 Å². The molecular weight excluding hydrogens is 282 g/mol. The van der Waals surface area contributed by atoms with Crippen molar-refractivity contribution in [2.75, 3.05) is 13.2 Å². The molecule has 0 N–H and O–H groups in total. The number of pyridine rings is 1. The summed E-state index contributed by atoms with van der Waals surface area (Å²) in [6.45, 7) is 4.03. The molecule has 0 unspecified atom stereocenters. The summed E-state index contributed by atoms with van der Waals surface area (Å²) >= 11 is 0. The lowest BCUT2D eigenvalue weighted by atomic mass is 10.0. The molecule has 0 saturated carbocycles. The molecule has 0 aliphatic carbocycles. The number of esters is 2. The molecule has 1 heterocycles. The van der Waals surface area contributed by atoms with Gasteiger partial charge in [-0.15, -0.1) is 0 Å². The summed E-state index contributed by atoms with van der Waals surface area (Å²) in [5.41, 5.74) is 1.64. The van der Waals surface area contributed by atoms with Gasteiger partial charge in [-0.1, -0.05) is 18.2 Å². The number of rotatable bonds is 5. The summed E-state index contributed by atoms with van der Waals surface area (Å²) in [7, 11) is 0. The van der Waals surface area contributed by atoms with Crippen LogP contribution in [0.3, 0.4) is 0 Å². The van der Waals surface area contributed by atoms with E-state index >= 15 is 0 Å². The summed E-state index contributed by atoms with van der Waals surface area (Å²) in [5.74, 6) is -0.914. The molecule has 2 aromatic rings. The summed E-state index contributed by atoms with van der Waals surface area (Å²) in [5, 5.41) is 0. The standard InChI is InChI=1S/C17H17NO4/c1-3-21-16(19)13-9-6-5-8-12(13)15-14(10-7-11-18-15)17(20)22-4-2/h5-11H,3-4H2,1-2H3. The zero-order valence-electron chi connectivity index (χ0n) is 12.5. The highest BCUT2D eigenvalue weighted by atomic mass is 16.5. The fourth-order valence-corrected chi connectivity index (χ4v) is 2.07. The summed E-state index contributed by atoms with van der Waals surface area (Å²) in [6.07, 6.45) is 1.57. The van der Waals surface area contributed by atoms with E-state index in [0.717, 1.165) is 0 Å². The molecule has 5 nitrogen and oxygen atoms in total. The fourth-order valence-electron chi connectivity index (χ4n) is 2.07. The normalized spacial score (nSPS) is 10.1. The Kier molecular flexibility index (Phi) is 5.25. The van der Waals surface area contributed by atoms with Gasteiger partial charge in [0.15, 0.2) is 0 Å². The van der Waals surface area contributed by atoms with E-state index in [1.54, 1.807) is 56.4 Å². The van der Waals surface area contributed by atoms with Crippen LogP contribution < -0.4 is 0 Å². The molecule has 1 aromatic carbocycles. The molecule has 0 bridgehead atoms. The number of nitrogens with zero attached hydrogens (tertiary/aromatic N) is 1. The maximum atomic E-state index is 12.1. The van der Waals surface area contributed by atoms with E-state index in [9.17, 15) is 9.59 Å². The van der Waals surface area contributed by atoms with E-state index in [4.69, 9.17) is 9.47 Å². The SMILES string of the molecule is CCOC(=O)c1ccccc1-c1ncccc1C(=O)OCC. The van der Waals surface area contributed by atoms with Gasteiger partial charge in [0.1, 0.15) is 0 Å². The van der Waals surface area contributed by atoms with Crippen molar-refractivity contribution >= 4 is 11.9 Å². The van der Waals surface area contributed by atoms with Crippen LogP contribution in [0.2, 0.25) is 0 Å². The number of hydrogen-bond donors (Lipinski definition) is 0. The quantitative estimate of drug-likeness (QED) is 0.794. The number of benzene rings is 1. The Bertz CT molecular complexity index is 622. The van der Waals surface area contributed by atoms with E-state index in [-0.39, 0.29) is 13.2 Å². The molecular formula is C17H17NO4. The van der Waals surface area contributed by atoms with Gasteiger partial charge < -0.3 is 9.47 Å². The van der Waals surface area contributed by atoms with Crippen LogP contribution in [0.15, 0.2) is 42.6 Å². The number of aromatic nitrogens is 1. The van der Waals surface area contributed by atoms with Crippen molar-refractivity contribution in [1.29, 1.82) is 0 Å². The molecule has 0 saturated heterocycles. The Morgan fingerprint density at radius 1 is 0.909 bits per heavy atom. The van der Waals surface area contributed by atoms with Gasteiger partial charge in [0.25, 0.3) is 0 Å². The minimum absolute atomic E-state index is 0.271. The maximum Gasteiger partial charge on any atom is 0.340 e. The third kappa shape index (κ3) is 3.31. The van der Waals surface area contributed by atoms with Crippen LogP contribution in [0, 0.1) is 0 Å². The van der Waals surface area contributed by atoms with Gasteiger partial charge >= 0.3 is 11.9 Å². The predicted octanol–water partition coefficient (Wildman–Crippen LogP) is 3.10. The third-order valence-electron chi connectivity index (χ3n) is 2.98. The largest absolute Gasteiger partial charge is 0.462 e. The predicted molar refractivity (Wildman–Crippen MR) is 81.6 cm³/mol. The van der Waals surface area contributed by atoms with Gasteiger partial charge in [0.05, 0.1) is 30.0 Å². The van der Waals surface area contributed by atoms with Crippen molar-refractivity contribution in [2.45, 2.75) is 13.8 Å². The molecule has 1 aromatic heterocycles. The molecule has 0 aliphatic rings. The van der Waals surface area contributed by atoms with E-state index < -0.39 is 11.9 Å². The molecule has 0 amide bonds. The summed E-state index contributed by atoms with van der Waals surface area (Å²) in [6, 6.07) is 10.2. The summed E-state index contributed by atoms with van der Waals surface area (Å²) < 4.78 is 10.1. The lowest BCUT2D eigenvalue weighted by Gasteiger charge is -2.11. The Balaban J connectivity index is 2.53. The van der Waals surface area contributed by atoms with Crippen LogP contribution in [0.25, 0.3) is 11.3 Å². The van der Waals surface area contributed by atoms with Crippen LogP contribution in [-0.4, -0.2) is 30.1 Å². The van der Waals surface area contributed by atoms with Crippen molar-refractivity contribution in [1.82, 2.24) is 4.98 Å². The highest BCUT2D eigenvalue weighted by molar-refractivity contribution is 6.02. The summed E-state index contributed by atoms with van der Waals surface area (Å²) in [4.78, 5) is 28.4. The third-order valence-corrected chi connectivity index (χ3v) is 2.98. The second kappa shape index (κ2) is 7.36. The Hall–Kier alpha value is -2.69. The lowest BCUT2D eigenvalue weighted by Crippen LogP contribution is -2.10. The van der Waals surface area contributed by atoms with Crippen LogP contribution in [0.5, 0.6) is 0 Å². The van der Waals surface area contributed by atoms with Gasteiger partial charge in [-0.3, -0.25) is 4.98 Å². The lowest BCUT2D eigenvalue weighted by molar-refractivity contribution is 0.0514. The van der Waals surface area contributed by atoms with Crippen molar-refractivity contribution in [3.05, 3.63) is 53.7 Å². The van der Waals surface area contributed by atoms with E-state index in [1.807, 2.05) is 0 Å². The van der Waals surface area contributed by atoms with Crippen LogP contribution in [-0.2, 0) is 9.47 Å². The van der Waals surface area contributed by atoms with Crippen LogP contribution in [0.1, 0.15) is 34.6 Å². The Labute approximate surface area is 128 Å². The molecule has 0 spiro atoms. The average Bonchev–Trinajstić information content (AvgIpc) is 2.55. The van der Waals surface area contributed by atoms with Gasteiger partial charge in [0.2, 0.25) is 0 Å². The van der Waals surface area contributed by atoms with E-state index in [1.165, 1.54) is 0 Å². The first-order valence-corrected chi connectivity index (χ1v) is 7.07. The van der Waals surface area contributed by atoms with Crippen molar-refractivity contribution in [2.24, 2.45) is 0 Å². The first-order valence-electron chi connectivity index (χ1n) is 7.07. The van der Waals surface area contributed by atoms with Gasteiger partial charge in [-0.25, -0.2) is 9.59 Å². The molecule has 0 radical (unpaired) electrons. The number of ether oxygens (including phenoxy) is 2. The first-order chi connectivity index (χ1) is 10.7. The van der Waals surface area contributed by atoms with Crippen LogP contribution in [0.4, 0.5) is 0 Å². The molecule has 5 heteroatoms. The highest BCUT2D eigenvalue weighted by Crippen LogP contribution is 2.26. The van der Waals surface area contributed by atoms with Crippen LogP contribution >= 0.6 is 0 Å². The Morgan fingerprint density at radius 3 is 2.18 bits per heavy atom. The van der Waals surface area contributed by atoms with Crippen molar-refractivity contribution < 1.29 is 19.1 Å². The Morgan fingerprint density at radius 2 is 1.50 bits per heavy atom. The van der Waals surface area contributed by atoms with Crippen molar-refractivity contribution in [3.63, 3.8) is 0 Å². The van der Waals surface area contributed by atoms with Gasteiger partial charge in [0, 0.05) is 11.8 Å². The molecule has 2 rings (SSSR count). The average molecular weight is 299 g/mol. The molecule has 0 atom stereocenters. The maximum absolute atomic E-state index is 12.1. The first kappa shape index (κ1) is 15.7. The van der Waals surface area contributed by atoms with Crippen molar-refractivity contribution in [3.8, 4) is 11.3 Å². The monoisotopic (exact) mass is 299 g/mol. The van der Waals surface area contributed by atoms with Gasteiger partial charge in [-0.05, 0) is 32.0 Å². The second-order valence-electron chi connectivity index (χ2n) is 4.39. The van der Waals surface area contributed by atoms with Gasteiger partial charge in [-0.2, -0.15) is 0 Å². The zero-order valence-corrected chi connectivity index (χ0v) is 12.5. The molecule has 0 aliphatic heterocycles.